The summed E-state index contributed by atoms with van der Waals surface area (Å²) in [6.45, 7) is 16.6. The van der Waals surface area contributed by atoms with E-state index in [0.29, 0.717) is 50.5 Å². The highest BCUT2D eigenvalue weighted by Gasteiger charge is 2.74. The number of hydrogen-bond acceptors (Lipinski definition) is 21. The van der Waals surface area contributed by atoms with Crippen molar-refractivity contribution in [2.75, 3.05) is 19.8 Å². The number of aliphatic carboxylic acids is 1. The van der Waals surface area contributed by atoms with E-state index in [0.717, 1.165) is 5.57 Å². The number of rotatable bonds is 13. The van der Waals surface area contributed by atoms with Crippen molar-refractivity contribution >= 4 is 17.9 Å². The molecule has 7 fully saturated rings. The summed E-state index contributed by atoms with van der Waals surface area (Å²) < 4.78 is 49.4. The van der Waals surface area contributed by atoms with Crippen molar-refractivity contribution in [3.63, 3.8) is 0 Å². The van der Waals surface area contributed by atoms with Crippen LogP contribution in [0, 0.1) is 50.2 Å². The molecule has 3 aliphatic heterocycles. The summed E-state index contributed by atoms with van der Waals surface area (Å²) in [4.78, 5) is 40.4. The molecule has 22 heteroatoms. The average molecular weight is 1100 g/mol. The first kappa shape index (κ1) is 60.3. The van der Waals surface area contributed by atoms with E-state index in [2.05, 4.69) is 26.8 Å². The highest BCUT2D eigenvalue weighted by atomic mass is 16.8. The summed E-state index contributed by atoms with van der Waals surface area (Å²) in [6.07, 6.45) is -20.7. The van der Waals surface area contributed by atoms with Gasteiger partial charge in [0.2, 0.25) is 0 Å². The third-order valence-electron chi connectivity index (χ3n) is 20.9. The van der Waals surface area contributed by atoms with Gasteiger partial charge < -0.3 is 94.1 Å². The third kappa shape index (κ3) is 9.66. The molecule has 4 saturated carbocycles. The van der Waals surface area contributed by atoms with Crippen molar-refractivity contribution in [1.29, 1.82) is 0 Å². The molecule has 0 aromatic carbocycles. The SMILES string of the molecule is CC=C(C)C(=O)O[C@H]1[C@H](OC(C)=O)[C@]2(C(=O)O)CC[C@]3(C)C(=CC[C@@H]4[C@@]5(C)CC[C@H](O[C@@H]6O[C@H](CO)[C@@H](O)[C@H](O[C@H]7O[C@@H](C)[C@H](O)[C@@H](O)[C@H]7O)[C@H]6O[C@@H]6O[C@H](CO)[C@H](O)[C@H](O)[C@H]6O)[C@](C)(CO)[C@H]5CC[C@]43C)[C@H]2CC1(C)C. The molecule has 0 unspecified atom stereocenters. The maximum Gasteiger partial charge on any atom is 0.333 e. The van der Waals surface area contributed by atoms with Crippen molar-refractivity contribution in [2.45, 2.75) is 231 Å². The molecule has 0 aromatic heterocycles. The van der Waals surface area contributed by atoms with Crippen LogP contribution in [0.4, 0.5) is 0 Å². The predicted octanol–water partition coefficient (Wildman–Crippen LogP) is 0.736. The van der Waals surface area contributed by atoms with Crippen LogP contribution in [0.3, 0.4) is 0 Å². The van der Waals surface area contributed by atoms with Gasteiger partial charge in [-0.3, -0.25) is 9.59 Å². The normalized spacial score (nSPS) is 50.7. The molecule has 77 heavy (non-hydrogen) atoms. The molecule has 22 nitrogen and oxygen atoms in total. The number of carbonyl (C=O) groups is 3. The van der Waals surface area contributed by atoms with E-state index < -0.39 is 180 Å². The lowest BCUT2D eigenvalue weighted by Gasteiger charge is -2.71. The van der Waals surface area contributed by atoms with Gasteiger partial charge in [-0.2, -0.15) is 0 Å². The fraction of sp³-hybridized carbons (Fsp3) is 0.873. The molecule has 0 spiro atoms. The average Bonchev–Trinajstić information content (AvgIpc) is 3.58. The zero-order chi connectivity index (χ0) is 56.9. The molecular formula is C55H86O22. The van der Waals surface area contributed by atoms with Gasteiger partial charge in [-0.15, -0.1) is 0 Å². The van der Waals surface area contributed by atoms with Crippen LogP contribution < -0.4 is 0 Å². The quantitative estimate of drug-likeness (QED) is 0.0524. The van der Waals surface area contributed by atoms with Crippen LogP contribution in [0.15, 0.2) is 23.3 Å². The largest absolute Gasteiger partial charge is 0.481 e. The lowest BCUT2D eigenvalue weighted by Crippen LogP contribution is -2.70. The van der Waals surface area contributed by atoms with Crippen LogP contribution in [0.5, 0.6) is 0 Å². The Morgan fingerprint density at radius 1 is 0.675 bits per heavy atom. The van der Waals surface area contributed by atoms with Gasteiger partial charge in [-0.25, -0.2) is 4.79 Å². The number of fused-ring (bicyclic) bond motifs is 7. The monoisotopic (exact) mass is 1100 g/mol. The van der Waals surface area contributed by atoms with Gasteiger partial charge in [-0.1, -0.05) is 59.3 Å². The standard InChI is InChI=1S/C55H86O22/c1-11-24(2)45(67)77-43-44(71-26(4)59)55(49(68)69)19-18-53(9)27(28(55)20-50(43,5)6)12-13-32-51(7)16-15-33(52(8,23-58)31(51)14-17-54(32,53)10)74-48-42(76-47-40(66)38(64)35(61)29(21-56)72-47)41(36(62)30(22-57)73-48)75-46-39(65)37(63)34(60)25(3)70-46/h11-12,25,28-44,46-48,56-58,60-66H,13-23H2,1-10H3,(H,68,69)/t25-,28+,29+,30+,31-,32+,33-,34-,35-,36+,37+,38-,39+,40+,41-,42+,43-,44-,46+,47-,48-,51-,52+,53+,54+,55-/m0/s1. The summed E-state index contributed by atoms with van der Waals surface area (Å²) in [5.74, 6) is -3.20. The van der Waals surface area contributed by atoms with Crippen molar-refractivity contribution in [3.8, 4) is 0 Å². The van der Waals surface area contributed by atoms with Crippen molar-refractivity contribution < 1.29 is 108 Å². The zero-order valence-electron chi connectivity index (χ0n) is 46.0. The van der Waals surface area contributed by atoms with E-state index in [9.17, 15) is 70.6 Å². The number of esters is 2. The fourth-order valence-corrected chi connectivity index (χ4v) is 16.1. The van der Waals surface area contributed by atoms with E-state index in [1.54, 1.807) is 19.9 Å². The van der Waals surface area contributed by atoms with Crippen molar-refractivity contribution in [1.82, 2.24) is 0 Å². The smallest absolute Gasteiger partial charge is 0.333 e. The second-order valence-corrected chi connectivity index (χ2v) is 25.3. The van der Waals surface area contributed by atoms with Crippen molar-refractivity contribution in [3.05, 3.63) is 23.3 Å². The Morgan fingerprint density at radius 2 is 1.27 bits per heavy atom. The minimum Gasteiger partial charge on any atom is -0.481 e. The van der Waals surface area contributed by atoms with E-state index in [4.69, 9.17) is 37.9 Å². The molecule has 11 N–H and O–H groups in total. The summed E-state index contributed by atoms with van der Waals surface area (Å²) in [5.41, 5.74) is -3.54. The molecule has 0 bridgehead atoms. The fourth-order valence-electron chi connectivity index (χ4n) is 16.1. The lowest BCUT2D eigenvalue weighted by atomic mass is 9.33. The molecule has 26 atom stereocenters. The molecule has 5 aliphatic carbocycles. The van der Waals surface area contributed by atoms with Crippen LogP contribution in [0.25, 0.3) is 0 Å². The highest BCUT2D eigenvalue weighted by molar-refractivity contribution is 5.88. The number of aliphatic hydroxyl groups is 10. The molecule has 8 rings (SSSR count). The molecule has 0 radical (unpaired) electrons. The van der Waals surface area contributed by atoms with Crippen LogP contribution in [-0.2, 0) is 52.3 Å². The minimum absolute atomic E-state index is 0.00288. The number of carbonyl (C=O) groups excluding carboxylic acids is 2. The highest BCUT2D eigenvalue weighted by Crippen LogP contribution is 2.76. The second kappa shape index (κ2) is 21.9. The topological polar surface area (TPSA) is 348 Å². The lowest BCUT2D eigenvalue weighted by molar-refractivity contribution is -0.399. The van der Waals surface area contributed by atoms with E-state index in [-0.39, 0.29) is 24.9 Å². The first-order valence-electron chi connectivity index (χ1n) is 27.4. The summed E-state index contributed by atoms with van der Waals surface area (Å²) in [5, 5.41) is 120. The molecule has 3 heterocycles. The summed E-state index contributed by atoms with van der Waals surface area (Å²) in [6, 6.07) is 0. The Labute approximate surface area is 449 Å². The Balaban J connectivity index is 1.12. The van der Waals surface area contributed by atoms with E-state index in [1.807, 2.05) is 20.8 Å². The maximum atomic E-state index is 14.1. The zero-order valence-corrected chi connectivity index (χ0v) is 46.0. The van der Waals surface area contributed by atoms with Crippen LogP contribution in [0.2, 0.25) is 0 Å². The van der Waals surface area contributed by atoms with Gasteiger partial charge >= 0.3 is 17.9 Å². The number of ether oxygens (including phenoxy) is 8. The molecule has 3 saturated heterocycles. The molecular weight excluding hydrogens is 1010 g/mol. The Hall–Kier alpha value is -2.75. The molecule has 8 aliphatic rings. The van der Waals surface area contributed by atoms with Gasteiger partial charge in [0.15, 0.2) is 25.0 Å². The first-order chi connectivity index (χ1) is 36.0. The van der Waals surface area contributed by atoms with Crippen molar-refractivity contribution in [2.24, 2.45) is 50.2 Å². The number of carboxylic acid groups (broad SMARTS) is 1. The van der Waals surface area contributed by atoms with Gasteiger partial charge in [0, 0.05) is 29.2 Å². The summed E-state index contributed by atoms with van der Waals surface area (Å²) in [7, 11) is 0. The predicted molar refractivity (Wildman–Crippen MR) is 266 cm³/mol. The first-order valence-corrected chi connectivity index (χ1v) is 27.4. The number of hydrogen-bond donors (Lipinski definition) is 11. The Morgan fingerprint density at radius 3 is 1.87 bits per heavy atom. The number of allylic oxidation sites excluding steroid dienone is 3. The van der Waals surface area contributed by atoms with Crippen LogP contribution in [-0.4, -0.2) is 204 Å². The molecule has 0 amide bonds. The van der Waals surface area contributed by atoms with Crippen LogP contribution in [0.1, 0.15) is 121 Å². The van der Waals surface area contributed by atoms with E-state index in [1.165, 1.54) is 13.8 Å². The Kier molecular flexibility index (Phi) is 17.1. The molecule has 0 aromatic rings. The van der Waals surface area contributed by atoms with E-state index >= 15 is 0 Å². The third-order valence-corrected chi connectivity index (χ3v) is 20.9. The number of carboxylic acids is 1. The minimum atomic E-state index is -1.95. The number of aliphatic hydroxyl groups excluding tert-OH is 10. The Bertz CT molecular complexity index is 2240. The molecule has 438 valence electrons. The van der Waals surface area contributed by atoms with Gasteiger partial charge in [-0.05, 0) is 100 Å². The van der Waals surface area contributed by atoms with Gasteiger partial charge in [0.05, 0.1) is 32.0 Å². The second-order valence-electron chi connectivity index (χ2n) is 25.3. The maximum absolute atomic E-state index is 14.1. The van der Waals surface area contributed by atoms with Gasteiger partial charge in [0.1, 0.15) is 78.7 Å². The van der Waals surface area contributed by atoms with Crippen LogP contribution >= 0.6 is 0 Å². The van der Waals surface area contributed by atoms with Gasteiger partial charge in [0.25, 0.3) is 0 Å². The summed E-state index contributed by atoms with van der Waals surface area (Å²) >= 11 is 0.